The van der Waals surface area contributed by atoms with E-state index in [9.17, 15) is 9.59 Å². The lowest BCUT2D eigenvalue weighted by atomic mass is 10.00. The van der Waals surface area contributed by atoms with Crippen LogP contribution in [0.4, 0.5) is 4.79 Å². The van der Waals surface area contributed by atoms with E-state index >= 15 is 0 Å². The minimum atomic E-state index is -0.688. The lowest BCUT2D eigenvalue weighted by Gasteiger charge is -2.32. The van der Waals surface area contributed by atoms with E-state index in [0.29, 0.717) is 22.8 Å². The molecule has 0 spiro atoms. The summed E-state index contributed by atoms with van der Waals surface area (Å²) in [4.78, 5) is 26.2. The van der Waals surface area contributed by atoms with Gasteiger partial charge in [0.05, 0.1) is 18.9 Å². The van der Waals surface area contributed by atoms with Gasteiger partial charge in [0.15, 0.2) is 0 Å². The Morgan fingerprint density at radius 3 is 2.81 bits per heavy atom. The molecule has 0 fully saturated rings. The van der Waals surface area contributed by atoms with Crippen molar-refractivity contribution in [2.45, 2.75) is 19.6 Å². The van der Waals surface area contributed by atoms with Crippen LogP contribution in [-0.2, 0) is 16.1 Å². The van der Waals surface area contributed by atoms with Gasteiger partial charge in [0.25, 0.3) is 0 Å². The highest BCUT2D eigenvalue weighted by molar-refractivity contribution is 5.94. The maximum Gasteiger partial charge on any atom is 0.338 e. The molecule has 1 N–H and O–H groups in total. The van der Waals surface area contributed by atoms with Crippen LogP contribution < -0.4 is 10.1 Å². The van der Waals surface area contributed by atoms with Gasteiger partial charge in [0.2, 0.25) is 0 Å². The van der Waals surface area contributed by atoms with Crippen molar-refractivity contribution in [3.05, 3.63) is 65.3 Å². The van der Waals surface area contributed by atoms with Crippen molar-refractivity contribution in [3.63, 3.8) is 0 Å². The Morgan fingerprint density at radius 1 is 1.31 bits per heavy atom. The highest BCUT2D eigenvalue weighted by Gasteiger charge is 2.36. The molecule has 136 valence electrons. The number of hydrogen-bond acceptors (Lipinski definition) is 5. The van der Waals surface area contributed by atoms with E-state index in [1.807, 2.05) is 18.2 Å². The van der Waals surface area contributed by atoms with Gasteiger partial charge in [-0.3, -0.25) is 0 Å². The number of nitrogens with one attached hydrogen (secondary N) is 1. The van der Waals surface area contributed by atoms with E-state index < -0.39 is 12.0 Å². The third-order valence-electron chi connectivity index (χ3n) is 4.31. The van der Waals surface area contributed by atoms with Gasteiger partial charge >= 0.3 is 12.0 Å². The number of urea groups is 1. The number of esters is 1. The first kappa shape index (κ1) is 17.6. The summed E-state index contributed by atoms with van der Waals surface area (Å²) >= 11 is 0. The number of methoxy groups -OCH3 is 1. The molecular weight excluding hydrogens is 336 g/mol. The van der Waals surface area contributed by atoms with Crippen molar-refractivity contribution in [1.29, 1.82) is 0 Å². The van der Waals surface area contributed by atoms with Crippen LogP contribution in [-0.4, -0.2) is 31.1 Å². The zero-order valence-corrected chi connectivity index (χ0v) is 14.8. The molecule has 7 nitrogen and oxygen atoms in total. The summed E-state index contributed by atoms with van der Waals surface area (Å²) in [7, 11) is 3.17. The van der Waals surface area contributed by atoms with Gasteiger partial charge in [-0.15, -0.1) is 0 Å². The molecule has 2 heterocycles. The molecule has 1 unspecified atom stereocenters. The van der Waals surface area contributed by atoms with Crippen molar-refractivity contribution >= 4 is 12.0 Å². The predicted octanol–water partition coefficient (Wildman–Crippen LogP) is 3.00. The number of carbonyl (C=O) groups excluding carboxylic acids is 2. The van der Waals surface area contributed by atoms with Gasteiger partial charge in [-0.1, -0.05) is 12.1 Å². The Kier molecular flexibility index (Phi) is 4.97. The second kappa shape index (κ2) is 7.35. The monoisotopic (exact) mass is 356 g/mol. The predicted molar refractivity (Wildman–Crippen MR) is 93.2 cm³/mol. The van der Waals surface area contributed by atoms with E-state index in [-0.39, 0.29) is 12.6 Å². The zero-order valence-electron chi connectivity index (χ0n) is 14.8. The van der Waals surface area contributed by atoms with Gasteiger partial charge < -0.3 is 24.1 Å². The minimum absolute atomic E-state index is 0.0926. The van der Waals surface area contributed by atoms with Crippen molar-refractivity contribution in [2.24, 2.45) is 0 Å². The molecule has 1 aromatic carbocycles. The Bertz CT molecular complexity index is 841. The highest BCUT2D eigenvalue weighted by Crippen LogP contribution is 2.31. The van der Waals surface area contributed by atoms with Crippen LogP contribution in [0.1, 0.15) is 24.3 Å². The number of benzene rings is 1. The smallest absolute Gasteiger partial charge is 0.338 e. The number of rotatable bonds is 5. The second-order valence-corrected chi connectivity index (χ2v) is 5.88. The number of carbonyl (C=O) groups is 2. The molecule has 0 bridgehead atoms. The lowest BCUT2D eigenvalue weighted by Crippen LogP contribution is -2.46. The number of ether oxygens (including phenoxy) is 2. The Balaban J connectivity index is 1.83. The maximum absolute atomic E-state index is 12.8. The molecule has 3 rings (SSSR count). The average Bonchev–Trinajstić information content (AvgIpc) is 3.18. The second-order valence-electron chi connectivity index (χ2n) is 5.88. The Morgan fingerprint density at radius 2 is 2.12 bits per heavy atom. The van der Waals surface area contributed by atoms with E-state index in [4.69, 9.17) is 13.9 Å². The maximum atomic E-state index is 12.8. The van der Waals surface area contributed by atoms with Crippen LogP contribution in [0.15, 0.2) is 58.3 Å². The topological polar surface area (TPSA) is 81.0 Å². The molecule has 0 saturated carbocycles. The van der Waals surface area contributed by atoms with Crippen molar-refractivity contribution in [1.82, 2.24) is 10.2 Å². The summed E-state index contributed by atoms with van der Waals surface area (Å²) in [6.07, 6.45) is 1.49. The first-order chi connectivity index (χ1) is 12.5. The molecule has 26 heavy (non-hydrogen) atoms. The SMILES string of the molecule is COc1cccc(COC(=O)C2=C(C)N(C)C(=O)NC2c2ccco2)c1. The molecule has 1 aliphatic heterocycles. The van der Waals surface area contributed by atoms with Crippen LogP contribution in [0.2, 0.25) is 0 Å². The number of allylic oxidation sites excluding steroid dienone is 1. The number of hydrogen-bond donors (Lipinski definition) is 1. The fraction of sp³-hybridized carbons (Fsp3) is 0.263. The summed E-state index contributed by atoms with van der Waals surface area (Å²) in [5.41, 5.74) is 1.66. The lowest BCUT2D eigenvalue weighted by molar-refractivity contribution is -0.141. The van der Waals surface area contributed by atoms with Gasteiger partial charge in [0, 0.05) is 12.7 Å². The Labute approximate surface area is 151 Å². The van der Waals surface area contributed by atoms with Gasteiger partial charge in [0.1, 0.15) is 24.2 Å². The molecule has 1 aliphatic rings. The quantitative estimate of drug-likeness (QED) is 0.833. The normalized spacial score (nSPS) is 17.1. The van der Waals surface area contributed by atoms with Crippen LogP contribution in [0.5, 0.6) is 5.75 Å². The Hall–Kier alpha value is -3.22. The van der Waals surface area contributed by atoms with Crippen LogP contribution in [0.25, 0.3) is 0 Å². The highest BCUT2D eigenvalue weighted by atomic mass is 16.5. The molecular formula is C19H20N2O5. The summed E-state index contributed by atoms with van der Waals surface area (Å²) < 4.78 is 16.0. The van der Waals surface area contributed by atoms with E-state index in [1.54, 1.807) is 39.3 Å². The largest absolute Gasteiger partial charge is 0.497 e. The van der Waals surface area contributed by atoms with E-state index in [1.165, 1.54) is 11.2 Å². The average molecular weight is 356 g/mol. The summed E-state index contributed by atoms with van der Waals surface area (Å²) in [5, 5.41) is 2.76. The van der Waals surface area contributed by atoms with E-state index in [0.717, 1.165) is 5.56 Å². The molecule has 0 aliphatic carbocycles. The summed E-state index contributed by atoms with van der Waals surface area (Å²) in [5.74, 6) is 0.643. The number of furan rings is 1. The molecule has 2 amide bonds. The molecule has 1 aromatic heterocycles. The van der Waals surface area contributed by atoms with Crippen molar-refractivity contribution in [2.75, 3.05) is 14.2 Å². The van der Waals surface area contributed by atoms with Crippen LogP contribution in [0.3, 0.4) is 0 Å². The molecule has 0 saturated heterocycles. The minimum Gasteiger partial charge on any atom is -0.497 e. The third-order valence-corrected chi connectivity index (χ3v) is 4.31. The zero-order chi connectivity index (χ0) is 18.7. The molecule has 7 heteroatoms. The van der Waals surface area contributed by atoms with Crippen molar-refractivity contribution < 1.29 is 23.5 Å². The standard InChI is InChI=1S/C19H20N2O5/c1-12-16(17(15-8-5-9-25-15)20-19(23)21(12)2)18(22)26-11-13-6-4-7-14(10-13)24-3/h4-10,17H,11H2,1-3H3,(H,20,23). The number of amides is 2. The summed E-state index contributed by atoms with van der Waals surface area (Å²) in [6.45, 7) is 1.80. The van der Waals surface area contributed by atoms with Gasteiger partial charge in [-0.25, -0.2) is 9.59 Å². The first-order valence-corrected chi connectivity index (χ1v) is 8.09. The molecule has 2 aromatic rings. The fourth-order valence-electron chi connectivity index (χ4n) is 2.76. The van der Waals surface area contributed by atoms with Crippen LogP contribution in [0, 0.1) is 0 Å². The molecule has 1 atom stereocenters. The summed E-state index contributed by atoms with van der Waals surface area (Å²) in [6, 6.07) is 9.69. The van der Waals surface area contributed by atoms with E-state index in [2.05, 4.69) is 5.32 Å². The first-order valence-electron chi connectivity index (χ1n) is 8.09. The van der Waals surface area contributed by atoms with Gasteiger partial charge in [-0.05, 0) is 36.8 Å². The van der Waals surface area contributed by atoms with Gasteiger partial charge in [-0.2, -0.15) is 0 Å². The molecule has 0 radical (unpaired) electrons. The van der Waals surface area contributed by atoms with Crippen LogP contribution >= 0.6 is 0 Å². The fourth-order valence-corrected chi connectivity index (χ4v) is 2.76. The number of nitrogens with zero attached hydrogens (tertiary/aromatic N) is 1. The van der Waals surface area contributed by atoms with Crippen molar-refractivity contribution in [3.8, 4) is 5.75 Å². The third kappa shape index (κ3) is 3.42.